The Hall–Kier alpha value is -2.56. The van der Waals surface area contributed by atoms with Gasteiger partial charge in [0.1, 0.15) is 11.6 Å². The summed E-state index contributed by atoms with van der Waals surface area (Å²) < 4.78 is 19.2. The van der Waals surface area contributed by atoms with Gasteiger partial charge in [-0.15, -0.1) is 0 Å². The maximum absolute atomic E-state index is 13.5. The number of rotatable bonds is 3. The highest BCUT2D eigenvalue weighted by atomic mass is 19.1. The van der Waals surface area contributed by atoms with Crippen LogP contribution in [0, 0.1) is 12.7 Å². The van der Waals surface area contributed by atoms with Crippen LogP contribution in [0.1, 0.15) is 23.5 Å². The molecule has 2 aromatic carbocycles. The predicted molar refractivity (Wildman–Crippen MR) is 85.5 cm³/mol. The molecule has 1 atom stereocenters. The van der Waals surface area contributed by atoms with Gasteiger partial charge < -0.3 is 15.2 Å². The average molecular weight is 315 g/mol. The molecule has 5 heteroatoms. The maximum Gasteiger partial charge on any atom is 0.404 e. The quantitative estimate of drug-likeness (QED) is 0.902. The Bertz CT molecular complexity index is 745. The largest absolute Gasteiger partial charge is 0.493 e. The normalized spacial score (nSPS) is 16.3. The van der Waals surface area contributed by atoms with E-state index in [-0.39, 0.29) is 11.7 Å². The van der Waals surface area contributed by atoms with Gasteiger partial charge in [0, 0.05) is 12.5 Å². The SMILES string of the molecule is Cc1ccc(F)cc1-c1ccc2c(c1)OCC[C@H]2CNC(=O)O. The van der Waals surface area contributed by atoms with E-state index in [0.717, 1.165) is 34.4 Å². The maximum atomic E-state index is 13.5. The minimum Gasteiger partial charge on any atom is -0.493 e. The van der Waals surface area contributed by atoms with E-state index in [1.54, 1.807) is 6.07 Å². The molecule has 1 amide bonds. The molecule has 120 valence electrons. The van der Waals surface area contributed by atoms with E-state index in [4.69, 9.17) is 9.84 Å². The zero-order valence-corrected chi connectivity index (χ0v) is 12.8. The van der Waals surface area contributed by atoms with Crippen LogP contribution >= 0.6 is 0 Å². The number of hydrogen-bond acceptors (Lipinski definition) is 2. The van der Waals surface area contributed by atoms with Crippen LogP contribution in [0.2, 0.25) is 0 Å². The van der Waals surface area contributed by atoms with E-state index >= 15 is 0 Å². The number of amides is 1. The molecule has 0 aromatic heterocycles. The Kier molecular flexibility index (Phi) is 4.19. The zero-order chi connectivity index (χ0) is 16.4. The number of ether oxygens (including phenoxy) is 1. The molecule has 4 nitrogen and oxygen atoms in total. The van der Waals surface area contributed by atoms with E-state index < -0.39 is 6.09 Å². The second-order valence-electron chi connectivity index (χ2n) is 5.73. The lowest BCUT2D eigenvalue weighted by molar-refractivity contribution is 0.191. The molecule has 1 heterocycles. The van der Waals surface area contributed by atoms with Crippen molar-refractivity contribution in [2.24, 2.45) is 0 Å². The summed E-state index contributed by atoms with van der Waals surface area (Å²) >= 11 is 0. The van der Waals surface area contributed by atoms with E-state index in [1.165, 1.54) is 12.1 Å². The second kappa shape index (κ2) is 6.28. The summed E-state index contributed by atoms with van der Waals surface area (Å²) in [5, 5.41) is 11.2. The molecular weight excluding hydrogens is 297 g/mol. The molecule has 0 saturated carbocycles. The molecule has 0 bridgehead atoms. The first-order valence-corrected chi connectivity index (χ1v) is 7.54. The lowest BCUT2D eigenvalue weighted by atomic mass is 9.90. The molecule has 23 heavy (non-hydrogen) atoms. The van der Waals surface area contributed by atoms with Crippen molar-refractivity contribution >= 4 is 6.09 Å². The highest BCUT2D eigenvalue weighted by molar-refractivity contribution is 5.70. The van der Waals surface area contributed by atoms with Crippen molar-refractivity contribution < 1.29 is 19.0 Å². The Morgan fingerprint density at radius 2 is 2.17 bits per heavy atom. The molecule has 0 saturated heterocycles. The Morgan fingerprint density at radius 3 is 2.96 bits per heavy atom. The topological polar surface area (TPSA) is 58.6 Å². The summed E-state index contributed by atoms with van der Waals surface area (Å²) in [4.78, 5) is 10.7. The number of halogens is 1. The van der Waals surface area contributed by atoms with Crippen molar-refractivity contribution in [2.75, 3.05) is 13.2 Å². The summed E-state index contributed by atoms with van der Waals surface area (Å²) in [6.07, 6.45) is -0.254. The first-order chi connectivity index (χ1) is 11.0. The molecule has 0 unspecified atom stereocenters. The number of fused-ring (bicyclic) bond motifs is 1. The highest BCUT2D eigenvalue weighted by Gasteiger charge is 2.22. The van der Waals surface area contributed by atoms with Crippen molar-refractivity contribution in [3.63, 3.8) is 0 Å². The molecule has 2 N–H and O–H groups in total. The van der Waals surface area contributed by atoms with Crippen molar-refractivity contribution in [1.29, 1.82) is 0 Å². The van der Waals surface area contributed by atoms with Gasteiger partial charge in [-0.1, -0.05) is 18.2 Å². The third kappa shape index (κ3) is 3.28. The van der Waals surface area contributed by atoms with Gasteiger partial charge in [0.25, 0.3) is 0 Å². The van der Waals surface area contributed by atoms with Crippen molar-refractivity contribution in [3.8, 4) is 16.9 Å². The van der Waals surface area contributed by atoms with Crippen LogP contribution in [0.4, 0.5) is 9.18 Å². The molecule has 2 aromatic rings. The summed E-state index contributed by atoms with van der Waals surface area (Å²) in [5.74, 6) is 0.569. The minimum atomic E-state index is -1.02. The van der Waals surface area contributed by atoms with Gasteiger partial charge in [0.15, 0.2) is 0 Å². The molecule has 3 rings (SSSR count). The fourth-order valence-corrected chi connectivity index (χ4v) is 2.96. The summed E-state index contributed by atoms with van der Waals surface area (Å²) in [6.45, 7) is 2.85. The van der Waals surface area contributed by atoms with Crippen LogP contribution in [0.5, 0.6) is 5.75 Å². The van der Waals surface area contributed by atoms with Gasteiger partial charge in [-0.2, -0.15) is 0 Å². The molecule has 0 radical (unpaired) electrons. The predicted octanol–water partition coefficient (Wildman–Crippen LogP) is 3.93. The Morgan fingerprint density at radius 1 is 1.35 bits per heavy atom. The Labute approximate surface area is 133 Å². The summed E-state index contributed by atoms with van der Waals surface area (Å²) in [7, 11) is 0. The van der Waals surface area contributed by atoms with Gasteiger partial charge in [0.05, 0.1) is 6.61 Å². The number of carbonyl (C=O) groups is 1. The van der Waals surface area contributed by atoms with Gasteiger partial charge >= 0.3 is 6.09 Å². The molecule has 0 aliphatic carbocycles. The number of carboxylic acid groups (broad SMARTS) is 1. The van der Waals surface area contributed by atoms with E-state index in [2.05, 4.69) is 5.32 Å². The zero-order valence-electron chi connectivity index (χ0n) is 12.8. The summed E-state index contributed by atoms with van der Waals surface area (Å²) in [6, 6.07) is 10.5. The summed E-state index contributed by atoms with van der Waals surface area (Å²) in [5.41, 5.74) is 3.71. The average Bonchev–Trinajstić information content (AvgIpc) is 2.54. The van der Waals surface area contributed by atoms with Crippen LogP contribution in [0.15, 0.2) is 36.4 Å². The van der Waals surface area contributed by atoms with E-state index in [1.807, 2.05) is 25.1 Å². The number of aryl methyl sites for hydroxylation is 1. The molecular formula is C18H18FNO3. The van der Waals surface area contributed by atoms with Crippen LogP contribution in [-0.2, 0) is 0 Å². The standard InChI is InChI=1S/C18H18FNO3/c1-11-2-4-14(19)9-16(11)12-3-5-15-13(10-20-18(21)22)6-7-23-17(15)8-12/h2-5,8-9,13,20H,6-7,10H2,1H3,(H,21,22)/t13-/m0/s1. The van der Waals surface area contributed by atoms with Crippen molar-refractivity contribution in [1.82, 2.24) is 5.32 Å². The fourth-order valence-electron chi connectivity index (χ4n) is 2.96. The van der Waals surface area contributed by atoms with Crippen molar-refractivity contribution in [2.45, 2.75) is 19.3 Å². The van der Waals surface area contributed by atoms with E-state index in [9.17, 15) is 9.18 Å². The van der Waals surface area contributed by atoms with Crippen LogP contribution in [-0.4, -0.2) is 24.4 Å². The van der Waals surface area contributed by atoms with Crippen molar-refractivity contribution in [3.05, 3.63) is 53.3 Å². The minimum absolute atomic E-state index is 0.0949. The first-order valence-electron chi connectivity index (χ1n) is 7.54. The molecule has 1 aliphatic heterocycles. The Balaban J connectivity index is 1.93. The number of benzene rings is 2. The third-order valence-electron chi connectivity index (χ3n) is 4.19. The molecule has 0 fully saturated rings. The monoisotopic (exact) mass is 315 g/mol. The van der Waals surface area contributed by atoms with Gasteiger partial charge in [-0.25, -0.2) is 9.18 Å². The second-order valence-corrected chi connectivity index (χ2v) is 5.73. The smallest absolute Gasteiger partial charge is 0.404 e. The molecule has 1 aliphatic rings. The number of nitrogens with one attached hydrogen (secondary N) is 1. The van der Waals surface area contributed by atoms with E-state index in [0.29, 0.717) is 13.2 Å². The van der Waals surface area contributed by atoms with Gasteiger partial charge in [0.2, 0.25) is 0 Å². The van der Waals surface area contributed by atoms with Crippen LogP contribution in [0.3, 0.4) is 0 Å². The van der Waals surface area contributed by atoms with Gasteiger partial charge in [-0.05, 0) is 53.8 Å². The fraction of sp³-hybridized carbons (Fsp3) is 0.278. The van der Waals surface area contributed by atoms with Gasteiger partial charge in [-0.3, -0.25) is 0 Å². The highest BCUT2D eigenvalue weighted by Crippen LogP contribution is 2.37. The lowest BCUT2D eigenvalue weighted by Crippen LogP contribution is -2.29. The van der Waals surface area contributed by atoms with Crippen LogP contribution in [0.25, 0.3) is 11.1 Å². The first kappa shape index (κ1) is 15.3. The third-order valence-corrected chi connectivity index (χ3v) is 4.19. The number of hydrogen-bond donors (Lipinski definition) is 2. The van der Waals surface area contributed by atoms with Crippen LogP contribution < -0.4 is 10.1 Å². The molecule has 0 spiro atoms. The lowest BCUT2D eigenvalue weighted by Gasteiger charge is -2.26.